The summed E-state index contributed by atoms with van der Waals surface area (Å²) in [5, 5.41) is 0. The first-order valence-corrected chi connectivity index (χ1v) is 9.07. The second-order valence-electron chi connectivity index (χ2n) is 6.19. The zero-order valence-corrected chi connectivity index (χ0v) is 13.5. The first kappa shape index (κ1) is 15.5. The van der Waals surface area contributed by atoms with Gasteiger partial charge in [-0.1, -0.05) is 24.6 Å². The van der Waals surface area contributed by atoms with Crippen LogP contribution in [0.2, 0.25) is 0 Å². The van der Waals surface area contributed by atoms with E-state index in [1.54, 1.807) is 12.1 Å². The topological polar surface area (TPSA) is 37.4 Å². The van der Waals surface area contributed by atoms with Gasteiger partial charge in [0.05, 0.1) is 10.6 Å². The third kappa shape index (κ3) is 3.83. The summed E-state index contributed by atoms with van der Waals surface area (Å²) in [4.78, 5) is 2.76. The molecule has 1 aliphatic heterocycles. The maximum Gasteiger partial charge on any atom is 0.179 e. The van der Waals surface area contributed by atoms with Crippen LogP contribution in [0.25, 0.3) is 0 Å². The SMILES string of the molecule is Cc1ccc(S(=O)(=O)CC(C)N2CCCC(C)C2)cc1. The lowest BCUT2D eigenvalue weighted by Gasteiger charge is -2.35. The number of benzene rings is 1. The molecule has 0 radical (unpaired) electrons. The summed E-state index contributed by atoms with van der Waals surface area (Å²) in [6, 6.07) is 7.25. The summed E-state index contributed by atoms with van der Waals surface area (Å²) < 4.78 is 24.9. The summed E-state index contributed by atoms with van der Waals surface area (Å²) in [7, 11) is -3.18. The fourth-order valence-corrected chi connectivity index (χ4v) is 4.48. The van der Waals surface area contributed by atoms with Crippen molar-refractivity contribution < 1.29 is 8.42 Å². The Morgan fingerprint density at radius 3 is 2.55 bits per heavy atom. The van der Waals surface area contributed by atoms with Crippen LogP contribution in [0.4, 0.5) is 0 Å². The molecule has 2 unspecified atom stereocenters. The molecule has 2 atom stereocenters. The molecule has 1 fully saturated rings. The quantitative estimate of drug-likeness (QED) is 0.857. The predicted molar refractivity (Wildman–Crippen MR) is 82.7 cm³/mol. The molecule has 1 aromatic carbocycles. The van der Waals surface area contributed by atoms with E-state index in [9.17, 15) is 8.42 Å². The van der Waals surface area contributed by atoms with Crippen molar-refractivity contribution in [1.29, 1.82) is 0 Å². The molecule has 1 saturated heterocycles. The van der Waals surface area contributed by atoms with Gasteiger partial charge in [-0.2, -0.15) is 0 Å². The molecular formula is C16H25NO2S. The summed E-state index contributed by atoms with van der Waals surface area (Å²) >= 11 is 0. The van der Waals surface area contributed by atoms with Crippen molar-refractivity contribution in [1.82, 2.24) is 4.90 Å². The van der Waals surface area contributed by atoms with Gasteiger partial charge >= 0.3 is 0 Å². The molecule has 20 heavy (non-hydrogen) atoms. The summed E-state index contributed by atoms with van der Waals surface area (Å²) in [5.41, 5.74) is 1.09. The lowest BCUT2D eigenvalue weighted by Crippen LogP contribution is -2.43. The molecule has 112 valence electrons. The lowest BCUT2D eigenvalue weighted by atomic mass is 9.99. The van der Waals surface area contributed by atoms with Gasteiger partial charge in [0.1, 0.15) is 0 Å². The predicted octanol–water partition coefficient (Wildman–Crippen LogP) is 2.89. The highest BCUT2D eigenvalue weighted by molar-refractivity contribution is 7.91. The van der Waals surface area contributed by atoms with E-state index in [4.69, 9.17) is 0 Å². The van der Waals surface area contributed by atoms with Crippen LogP contribution in [0, 0.1) is 12.8 Å². The Balaban J connectivity index is 2.05. The third-order valence-electron chi connectivity index (χ3n) is 4.15. The van der Waals surface area contributed by atoms with E-state index >= 15 is 0 Å². The third-order valence-corrected chi connectivity index (χ3v) is 6.06. The van der Waals surface area contributed by atoms with E-state index in [0.29, 0.717) is 10.8 Å². The Morgan fingerprint density at radius 2 is 1.95 bits per heavy atom. The molecule has 1 aliphatic rings. The second-order valence-corrected chi connectivity index (χ2v) is 8.22. The Morgan fingerprint density at radius 1 is 1.30 bits per heavy atom. The minimum atomic E-state index is -3.18. The lowest BCUT2D eigenvalue weighted by molar-refractivity contribution is 0.149. The van der Waals surface area contributed by atoms with Gasteiger partial charge in [-0.15, -0.1) is 0 Å². The van der Waals surface area contributed by atoms with Gasteiger partial charge in [-0.05, 0) is 51.3 Å². The molecule has 0 bridgehead atoms. The van der Waals surface area contributed by atoms with Crippen molar-refractivity contribution in [2.75, 3.05) is 18.8 Å². The number of piperidine rings is 1. The molecule has 0 saturated carbocycles. The Hall–Kier alpha value is -0.870. The van der Waals surface area contributed by atoms with E-state index < -0.39 is 9.84 Å². The van der Waals surface area contributed by atoms with Gasteiger partial charge in [0.25, 0.3) is 0 Å². The minimum absolute atomic E-state index is 0.0871. The number of hydrogen-bond acceptors (Lipinski definition) is 3. The minimum Gasteiger partial charge on any atom is -0.299 e. The number of hydrogen-bond donors (Lipinski definition) is 0. The van der Waals surface area contributed by atoms with Gasteiger partial charge in [0, 0.05) is 12.6 Å². The van der Waals surface area contributed by atoms with Crippen molar-refractivity contribution in [3.05, 3.63) is 29.8 Å². The molecule has 0 aliphatic carbocycles. The highest BCUT2D eigenvalue weighted by Gasteiger charge is 2.25. The smallest absolute Gasteiger partial charge is 0.179 e. The monoisotopic (exact) mass is 295 g/mol. The molecule has 1 heterocycles. The van der Waals surface area contributed by atoms with Crippen molar-refractivity contribution in [2.24, 2.45) is 5.92 Å². The summed E-state index contributed by atoms with van der Waals surface area (Å²) in [6.07, 6.45) is 2.43. The largest absolute Gasteiger partial charge is 0.299 e. The van der Waals surface area contributed by atoms with Gasteiger partial charge in [-0.25, -0.2) is 8.42 Å². The first-order valence-electron chi connectivity index (χ1n) is 7.42. The van der Waals surface area contributed by atoms with E-state index in [0.717, 1.165) is 18.7 Å². The van der Waals surface area contributed by atoms with Crippen LogP contribution in [0.5, 0.6) is 0 Å². The molecule has 2 rings (SSSR count). The average molecular weight is 295 g/mol. The maximum absolute atomic E-state index is 12.5. The van der Waals surface area contributed by atoms with Gasteiger partial charge in [0.2, 0.25) is 0 Å². The van der Waals surface area contributed by atoms with E-state index in [2.05, 4.69) is 11.8 Å². The van der Waals surface area contributed by atoms with Crippen LogP contribution in [0.1, 0.15) is 32.3 Å². The summed E-state index contributed by atoms with van der Waals surface area (Å²) in [5.74, 6) is 0.885. The first-order chi connectivity index (χ1) is 9.38. The highest BCUT2D eigenvalue weighted by Crippen LogP contribution is 2.20. The molecule has 0 aromatic heterocycles. The van der Waals surface area contributed by atoms with Gasteiger partial charge in [0.15, 0.2) is 9.84 Å². The molecule has 4 heteroatoms. The van der Waals surface area contributed by atoms with Crippen LogP contribution in [-0.2, 0) is 9.84 Å². The maximum atomic E-state index is 12.5. The zero-order chi connectivity index (χ0) is 14.8. The van der Waals surface area contributed by atoms with Crippen LogP contribution in [-0.4, -0.2) is 38.2 Å². The van der Waals surface area contributed by atoms with Crippen molar-refractivity contribution in [2.45, 2.75) is 44.6 Å². The van der Waals surface area contributed by atoms with Gasteiger partial charge in [-0.3, -0.25) is 4.90 Å². The van der Waals surface area contributed by atoms with Crippen molar-refractivity contribution in [3.63, 3.8) is 0 Å². The van der Waals surface area contributed by atoms with Crippen LogP contribution < -0.4 is 0 Å². The van der Waals surface area contributed by atoms with Crippen LogP contribution in [0.15, 0.2) is 29.2 Å². The van der Waals surface area contributed by atoms with E-state index in [-0.39, 0.29) is 11.8 Å². The Bertz CT molecular complexity index is 536. The van der Waals surface area contributed by atoms with Gasteiger partial charge < -0.3 is 0 Å². The second kappa shape index (κ2) is 6.27. The zero-order valence-electron chi connectivity index (χ0n) is 12.7. The fraction of sp³-hybridized carbons (Fsp3) is 0.625. The van der Waals surface area contributed by atoms with E-state index in [1.807, 2.05) is 26.0 Å². The molecule has 0 spiro atoms. The summed E-state index contributed by atoms with van der Waals surface area (Å²) in [6.45, 7) is 8.28. The Kier molecular flexibility index (Phi) is 4.86. The normalized spacial score (nSPS) is 22.6. The standard InChI is InChI=1S/C16H25NO2S/c1-13-6-8-16(9-7-13)20(18,19)12-15(3)17-10-4-5-14(2)11-17/h6-9,14-15H,4-5,10-12H2,1-3H3. The van der Waals surface area contributed by atoms with Crippen LogP contribution in [0.3, 0.4) is 0 Å². The van der Waals surface area contributed by atoms with Crippen molar-refractivity contribution >= 4 is 9.84 Å². The average Bonchev–Trinajstić information content (AvgIpc) is 2.38. The molecule has 3 nitrogen and oxygen atoms in total. The molecule has 0 amide bonds. The highest BCUT2D eigenvalue weighted by atomic mass is 32.2. The fourth-order valence-electron chi connectivity index (χ4n) is 2.89. The molecule has 1 aromatic rings. The number of likely N-dealkylation sites (tertiary alicyclic amines) is 1. The van der Waals surface area contributed by atoms with Crippen molar-refractivity contribution in [3.8, 4) is 0 Å². The van der Waals surface area contributed by atoms with Crippen LogP contribution >= 0.6 is 0 Å². The molecule has 0 N–H and O–H groups in total. The number of aryl methyl sites for hydroxylation is 1. The molecular weight excluding hydrogens is 270 g/mol. The number of nitrogens with zero attached hydrogens (tertiary/aromatic N) is 1. The van der Waals surface area contributed by atoms with E-state index in [1.165, 1.54) is 12.8 Å². The Labute approximate surface area is 122 Å². The number of rotatable bonds is 4. The number of sulfone groups is 1.